The van der Waals surface area contributed by atoms with Crippen LogP contribution in [-0.4, -0.2) is 29.4 Å². The van der Waals surface area contributed by atoms with Crippen molar-refractivity contribution in [1.29, 1.82) is 0 Å². The van der Waals surface area contributed by atoms with Crippen LogP contribution >= 0.6 is 11.3 Å². The topological polar surface area (TPSA) is 42.4 Å². The molecule has 1 amide bonds. The molecule has 0 spiro atoms. The highest BCUT2D eigenvalue weighted by atomic mass is 32.1. The number of aryl methyl sites for hydroxylation is 1. The molecule has 1 saturated heterocycles. The van der Waals surface area contributed by atoms with Crippen molar-refractivity contribution in [3.63, 3.8) is 0 Å². The van der Waals surface area contributed by atoms with Crippen molar-refractivity contribution < 1.29 is 9.53 Å². The summed E-state index contributed by atoms with van der Waals surface area (Å²) in [4.78, 5) is 18.8. The van der Waals surface area contributed by atoms with E-state index in [4.69, 9.17) is 4.74 Å². The first-order valence-electron chi connectivity index (χ1n) is 7.59. The second-order valence-corrected chi connectivity index (χ2v) is 6.19. The molecule has 1 aromatic carbocycles. The molecule has 1 aliphatic heterocycles. The largest absolute Gasteiger partial charge is 0.496 e. The number of thiazole rings is 1. The Hall–Kier alpha value is -1.88. The molecule has 0 N–H and O–H groups in total. The summed E-state index contributed by atoms with van der Waals surface area (Å²) in [6.07, 6.45) is 3.29. The number of methoxy groups -OCH3 is 1. The molecule has 0 aliphatic carbocycles. The fourth-order valence-electron chi connectivity index (χ4n) is 3.07. The van der Waals surface area contributed by atoms with Crippen LogP contribution < -0.4 is 4.74 Å². The molecule has 0 radical (unpaired) electrons. The Morgan fingerprint density at radius 3 is 3.09 bits per heavy atom. The van der Waals surface area contributed by atoms with E-state index in [0.29, 0.717) is 6.42 Å². The van der Waals surface area contributed by atoms with Gasteiger partial charge in [0, 0.05) is 23.9 Å². The molecule has 1 aromatic heterocycles. The van der Waals surface area contributed by atoms with Crippen LogP contribution in [0.15, 0.2) is 35.2 Å². The number of nitrogens with zero attached hydrogens (tertiary/aromatic N) is 2. The summed E-state index contributed by atoms with van der Waals surface area (Å²) in [5.74, 6) is 1.08. The molecule has 0 saturated carbocycles. The maximum Gasteiger partial charge on any atom is 0.223 e. The van der Waals surface area contributed by atoms with Crippen LogP contribution in [0.4, 0.5) is 0 Å². The number of aromatic nitrogens is 1. The van der Waals surface area contributed by atoms with E-state index < -0.39 is 0 Å². The molecule has 1 atom stereocenters. The highest BCUT2D eigenvalue weighted by molar-refractivity contribution is 7.07. The molecule has 1 unspecified atom stereocenters. The maximum atomic E-state index is 12.6. The minimum absolute atomic E-state index is 0.138. The number of ether oxygens (including phenoxy) is 1. The van der Waals surface area contributed by atoms with Crippen LogP contribution in [0.2, 0.25) is 0 Å². The molecular formula is C17H20N2O2S. The van der Waals surface area contributed by atoms with Gasteiger partial charge in [0.2, 0.25) is 5.91 Å². The van der Waals surface area contributed by atoms with Crippen molar-refractivity contribution in [3.05, 3.63) is 46.4 Å². The molecule has 2 aromatic rings. The molecule has 5 heteroatoms. The fourth-order valence-corrected chi connectivity index (χ4v) is 3.66. The molecule has 22 heavy (non-hydrogen) atoms. The Labute approximate surface area is 134 Å². The van der Waals surface area contributed by atoms with Gasteiger partial charge in [-0.05, 0) is 25.3 Å². The summed E-state index contributed by atoms with van der Waals surface area (Å²) in [5, 5.41) is 2.01. The Bertz CT molecular complexity index is 627. The first-order chi connectivity index (χ1) is 10.8. The van der Waals surface area contributed by atoms with Crippen LogP contribution in [0.25, 0.3) is 0 Å². The van der Waals surface area contributed by atoms with Crippen molar-refractivity contribution in [3.8, 4) is 5.75 Å². The molecule has 1 aliphatic rings. The van der Waals surface area contributed by atoms with Gasteiger partial charge in [0.1, 0.15) is 5.75 Å². The van der Waals surface area contributed by atoms with Crippen LogP contribution in [0.5, 0.6) is 5.75 Å². The summed E-state index contributed by atoms with van der Waals surface area (Å²) in [7, 11) is 1.68. The van der Waals surface area contributed by atoms with Gasteiger partial charge in [0.05, 0.1) is 24.4 Å². The Morgan fingerprint density at radius 1 is 1.45 bits per heavy atom. The lowest BCUT2D eigenvalue weighted by Crippen LogP contribution is -2.30. The predicted octanol–water partition coefficient (Wildman–Crippen LogP) is 3.45. The zero-order valence-corrected chi connectivity index (χ0v) is 13.5. The quantitative estimate of drug-likeness (QED) is 0.848. The Morgan fingerprint density at radius 2 is 2.32 bits per heavy atom. The summed E-state index contributed by atoms with van der Waals surface area (Å²) in [5.41, 5.74) is 3.93. The number of benzene rings is 1. The van der Waals surface area contributed by atoms with Crippen LogP contribution in [0.3, 0.4) is 0 Å². The van der Waals surface area contributed by atoms with E-state index in [-0.39, 0.29) is 11.9 Å². The van der Waals surface area contributed by atoms with E-state index >= 15 is 0 Å². The zero-order valence-electron chi connectivity index (χ0n) is 12.7. The molecule has 1 fully saturated rings. The standard InChI is InChI=1S/C17H20N2O2S/c1-21-16-7-3-2-5-14(16)15-6-4-10-19(15)17(20)9-8-13-11-22-12-18-13/h2-3,5,7,11-12,15H,4,6,8-10H2,1H3. The van der Waals surface area contributed by atoms with Crippen LogP contribution in [0.1, 0.15) is 36.6 Å². The van der Waals surface area contributed by atoms with Crippen molar-refractivity contribution in [2.45, 2.75) is 31.7 Å². The summed E-state index contributed by atoms with van der Waals surface area (Å²) in [6.45, 7) is 0.832. The zero-order chi connectivity index (χ0) is 15.4. The van der Waals surface area contributed by atoms with E-state index in [1.54, 1.807) is 18.4 Å². The minimum Gasteiger partial charge on any atom is -0.496 e. The first-order valence-corrected chi connectivity index (χ1v) is 8.53. The number of likely N-dealkylation sites (tertiary alicyclic amines) is 1. The van der Waals surface area contributed by atoms with Gasteiger partial charge >= 0.3 is 0 Å². The van der Waals surface area contributed by atoms with Crippen molar-refractivity contribution in [2.75, 3.05) is 13.7 Å². The van der Waals surface area contributed by atoms with Gasteiger partial charge in [0.25, 0.3) is 0 Å². The lowest BCUT2D eigenvalue weighted by molar-refractivity contribution is -0.132. The van der Waals surface area contributed by atoms with E-state index in [2.05, 4.69) is 11.1 Å². The SMILES string of the molecule is COc1ccccc1C1CCCN1C(=O)CCc1cscn1. The number of amides is 1. The van der Waals surface area contributed by atoms with E-state index in [1.165, 1.54) is 0 Å². The summed E-state index contributed by atoms with van der Waals surface area (Å²) >= 11 is 1.57. The van der Waals surface area contributed by atoms with E-state index in [0.717, 1.165) is 42.8 Å². The number of hydrogen-bond acceptors (Lipinski definition) is 4. The van der Waals surface area contributed by atoms with E-state index in [1.807, 2.05) is 34.0 Å². The third-order valence-corrected chi connectivity index (χ3v) is 4.78. The van der Waals surface area contributed by atoms with Gasteiger partial charge < -0.3 is 9.64 Å². The molecular weight excluding hydrogens is 296 g/mol. The second kappa shape index (κ2) is 6.92. The summed E-state index contributed by atoms with van der Waals surface area (Å²) < 4.78 is 5.46. The number of rotatable bonds is 5. The fraction of sp³-hybridized carbons (Fsp3) is 0.412. The Balaban J connectivity index is 1.71. The predicted molar refractivity (Wildman–Crippen MR) is 87.1 cm³/mol. The highest BCUT2D eigenvalue weighted by Gasteiger charge is 2.31. The number of hydrogen-bond donors (Lipinski definition) is 0. The Kier molecular flexibility index (Phi) is 4.73. The van der Waals surface area contributed by atoms with Gasteiger partial charge in [-0.3, -0.25) is 4.79 Å². The van der Waals surface area contributed by atoms with Gasteiger partial charge in [0.15, 0.2) is 0 Å². The molecule has 3 rings (SSSR count). The van der Waals surface area contributed by atoms with Gasteiger partial charge in [-0.15, -0.1) is 11.3 Å². The van der Waals surface area contributed by atoms with Gasteiger partial charge in [-0.25, -0.2) is 4.98 Å². The van der Waals surface area contributed by atoms with Gasteiger partial charge in [-0.1, -0.05) is 18.2 Å². The number of carbonyl (C=O) groups excluding carboxylic acids is 1. The lowest BCUT2D eigenvalue weighted by Gasteiger charge is -2.26. The number of carbonyl (C=O) groups is 1. The average Bonchev–Trinajstić information content (AvgIpc) is 3.23. The smallest absolute Gasteiger partial charge is 0.223 e. The second-order valence-electron chi connectivity index (χ2n) is 5.47. The van der Waals surface area contributed by atoms with Crippen LogP contribution in [-0.2, 0) is 11.2 Å². The van der Waals surface area contributed by atoms with E-state index in [9.17, 15) is 4.79 Å². The monoisotopic (exact) mass is 316 g/mol. The molecule has 2 heterocycles. The minimum atomic E-state index is 0.138. The van der Waals surface area contributed by atoms with Crippen molar-refractivity contribution >= 4 is 17.2 Å². The number of para-hydroxylation sites is 1. The van der Waals surface area contributed by atoms with Crippen LogP contribution in [0, 0.1) is 0 Å². The van der Waals surface area contributed by atoms with Crippen molar-refractivity contribution in [1.82, 2.24) is 9.88 Å². The van der Waals surface area contributed by atoms with Gasteiger partial charge in [-0.2, -0.15) is 0 Å². The molecule has 116 valence electrons. The summed E-state index contributed by atoms with van der Waals surface area (Å²) in [6, 6.07) is 8.14. The molecule has 0 bridgehead atoms. The third-order valence-electron chi connectivity index (χ3n) is 4.15. The molecule has 4 nitrogen and oxygen atoms in total. The highest BCUT2D eigenvalue weighted by Crippen LogP contribution is 2.37. The maximum absolute atomic E-state index is 12.6. The van der Waals surface area contributed by atoms with Crippen molar-refractivity contribution in [2.24, 2.45) is 0 Å². The lowest BCUT2D eigenvalue weighted by atomic mass is 10.0. The normalized spacial score (nSPS) is 17.7. The first kappa shape index (κ1) is 15.0. The third kappa shape index (κ3) is 3.14. The average molecular weight is 316 g/mol.